The van der Waals surface area contributed by atoms with E-state index in [4.69, 9.17) is 9.47 Å². The summed E-state index contributed by atoms with van der Waals surface area (Å²) in [5, 5.41) is 11.2. The first-order chi connectivity index (χ1) is 17.3. The van der Waals surface area contributed by atoms with Crippen molar-refractivity contribution in [1.29, 1.82) is 0 Å². The summed E-state index contributed by atoms with van der Waals surface area (Å²) in [4.78, 5) is 52.6. The minimum absolute atomic E-state index is 0.00887. The van der Waals surface area contributed by atoms with Crippen LogP contribution in [0.5, 0.6) is 11.5 Å². The fraction of sp³-hybridized carbons (Fsp3) is 0.160. The Morgan fingerprint density at radius 2 is 1.81 bits per heavy atom. The summed E-state index contributed by atoms with van der Waals surface area (Å²) in [7, 11) is 0. The van der Waals surface area contributed by atoms with Crippen molar-refractivity contribution in [2.75, 3.05) is 11.7 Å². The van der Waals surface area contributed by atoms with Gasteiger partial charge in [-0.15, -0.1) is 0 Å². The Hall–Kier alpha value is -4.80. The number of hydrogen-bond acceptors (Lipinski definition) is 7. The molecule has 3 aromatic rings. The van der Waals surface area contributed by atoms with Gasteiger partial charge in [0.2, 0.25) is 12.7 Å². The third kappa shape index (κ3) is 4.22. The van der Waals surface area contributed by atoms with Crippen molar-refractivity contribution < 1.29 is 33.2 Å². The van der Waals surface area contributed by atoms with Gasteiger partial charge in [0.1, 0.15) is 11.9 Å². The third-order valence-electron chi connectivity index (χ3n) is 5.94. The van der Waals surface area contributed by atoms with Crippen LogP contribution in [0, 0.1) is 15.9 Å². The number of non-ortho nitro benzene ring substituents is 1. The lowest BCUT2D eigenvalue weighted by Gasteiger charge is -2.28. The highest BCUT2D eigenvalue weighted by molar-refractivity contribution is 6.23. The van der Waals surface area contributed by atoms with Crippen LogP contribution in [0.15, 0.2) is 66.7 Å². The molecule has 1 saturated heterocycles. The Labute approximate surface area is 203 Å². The van der Waals surface area contributed by atoms with Crippen LogP contribution in [0.3, 0.4) is 0 Å². The molecule has 0 saturated carbocycles. The van der Waals surface area contributed by atoms with Crippen molar-refractivity contribution in [3.63, 3.8) is 0 Å². The maximum atomic E-state index is 13.6. The van der Waals surface area contributed by atoms with Crippen LogP contribution in [0.4, 0.5) is 15.8 Å². The quantitative estimate of drug-likeness (QED) is 0.294. The number of nitrogens with zero attached hydrogens (tertiary/aromatic N) is 3. The molecule has 3 amide bonds. The van der Waals surface area contributed by atoms with Gasteiger partial charge in [-0.1, -0.05) is 12.1 Å². The summed E-state index contributed by atoms with van der Waals surface area (Å²) in [5.41, 5.74) is 0.481. The van der Waals surface area contributed by atoms with E-state index in [1.807, 2.05) is 0 Å². The number of benzene rings is 3. The zero-order chi connectivity index (χ0) is 25.4. The molecule has 5 rings (SSSR count). The van der Waals surface area contributed by atoms with Crippen molar-refractivity contribution in [1.82, 2.24) is 4.90 Å². The maximum absolute atomic E-state index is 13.6. The molecular formula is C25H18FN3O7. The van der Waals surface area contributed by atoms with E-state index in [-0.39, 0.29) is 36.7 Å². The fourth-order valence-corrected chi connectivity index (χ4v) is 4.20. The van der Waals surface area contributed by atoms with E-state index < -0.39 is 34.5 Å². The normalized spacial score (nSPS) is 16.4. The summed E-state index contributed by atoms with van der Waals surface area (Å²) in [5.74, 6) is -1.41. The minimum Gasteiger partial charge on any atom is -0.454 e. The number of nitro benzene ring substituents is 1. The predicted octanol–water partition coefficient (Wildman–Crippen LogP) is 3.44. The molecule has 0 aromatic heterocycles. The number of ether oxygens (including phenoxy) is 2. The van der Waals surface area contributed by atoms with Crippen molar-refractivity contribution >= 4 is 29.1 Å². The van der Waals surface area contributed by atoms with Gasteiger partial charge >= 0.3 is 0 Å². The lowest BCUT2D eigenvalue weighted by Crippen LogP contribution is -2.45. The number of amides is 3. The first-order valence-electron chi connectivity index (χ1n) is 10.9. The minimum atomic E-state index is -1.18. The molecule has 0 N–H and O–H groups in total. The van der Waals surface area contributed by atoms with Gasteiger partial charge in [-0.25, -0.2) is 9.29 Å². The van der Waals surface area contributed by atoms with Crippen LogP contribution >= 0.6 is 0 Å². The summed E-state index contributed by atoms with van der Waals surface area (Å²) >= 11 is 0. The summed E-state index contributed by atoms with van der Waals surface area (Å²) in [6.45, 7) is -0.0313. The molecule has 0 spiro atoms. The number of halogens is 1. The number of carbonyl (C=O) groups is 3. The summed E-state index contributed by atoms with van der Waals surface area (Å²) in [6, 6.07) is 13.8. The molecule has 0 aliphatic carbocycles. The second-order valence-electron chi connectivity index (χ2n) is 8.19. The average Bonchev–Trinajstić information content (AvgIpc) is 3.46. The van der Waals surface area contributed by atoms with Crippen molar-refractivity contribution in [3.8, 4) is 11.5 Å². The highest BCUT2D eigenvalue weighted by atomic mass is 19.1. The van der Waals surface area contributed by atoms with Gasteiger partial charge in [0.05, 0.1) is 17.0 Å². The van der Waals surface area contributed by atoms with Gasteiger partial charge < -0.3 is 14.4 Å². The van der Waals surface area contributed by atoms with Gasteiger partial charge in [0.15, 0.2) is 11.5 Å². The smallest absolute Gasteiger partial charge is 0.270 e. The van der Waals surface area contributed by atoms with Crippen LogP contribution < -0.4 is 14.4 Å². The lowest BCUT2D eigenvalue weighted by atomic mass is 10.1. The van der Waals surface area contributed by atoms with E-state index in [1.165, 1.54) is 35.2 Å². The molecule has 36 heavy (non-hydrogen) atoms. The molecule has 2 aliphatic heterocycles. The number of nitro groups is 1. The molecular weight excluding hydrogens is 473 g/mol. The van der Waals surface area contributed by atoms with Crippen LogP contribution in [0.25, 0.3) is 0 Å². The second-order valence-corrected chi connectivity index (χ2v) is 8.19. The Kier molecular flexibility index (Phi) is 5.80. The van der Waals surface area contributed by atoms with Gasteiger partial charge in [-0.2, -0.15) is 0 Å². The second kappa shape index (κ2) is 9.10. The molecule has 2 heterocycles. The van der Waals surface area contributed by atoms with Crippen LogP contribution in [-0.2, 0) is 16.1 Å². The first kappa shape index (κ1) is 23.0. The Morgan fingerprint density at radius 1 is 1.06 bits per heavy atom. The number of anilines is 1. The highest BCUT2D eigenvalue weighted by Crippen LogP contribution is 2.34. The Bertz CT molecular complexity index is 1390. The SMILES string of the molecule is O=C1CC(N(Cc2ccc3c(c2)OCO3)C(=O)c2cccc([N+](=O)[O-])c2)C(=O)N1c1ccc(F)cc1. The topological polar surface area (TPSA) is 119 Å². The molecule has 1 fully saturated rings. The van der Waals surface area contributed by atoms with E-state index in [0.717, 1.165) is 23.1 Å². The number of fused-ring (bicyclic) bond motifs is 1. The largest absolute Gasteiger partial charge is 0.454 e. The van der Waals surface area contributed by atoms with Crippen LogP contribution in [0.1, 0.15) is 22.3 Å². The molecule has 1 unspecified atom stereocenters. The molecule has 10 nitrogen and oxygen atoms in total. The average molecular weight is 491 g/mol. The van der Waals surface area contributed by atoms with Crippen molar-refractivity contribution in [2.24, 2.45) is 0 Å². The third-order valence-corrected chi connectivity index (χ3v) is 5.94. The molecule has 1 atom stereocenters. The number of carbonyl (C=O) groups excluding carboxylic acids is 3. The molecule has 11 heteroatoms. The standard InChI is InChI=1S/C25H18FN3O7/c26-17-5-7-18(8-6-17)28-23(30)12-20(25(28)32)27(13-15-4-9-21-22(10-15)36-14-35-21)24(31)16-2-1-3-19(11-16)29(33)34/h1-11,20H,12-14H2. The molecule has 2 aliphatic rings. The molecule has 182 valence electrons. The number of imide groups is 1. The van der Waals surface area contributed by atoms with E-state index in [2.05, 4.69) is 0 Å². The maximum Gasteiger partial charge on any atom is 0.270 e. The first-order valence-corrected chi connectivity index (χ1v) is 10.9. The molecule has 3 aromatic carbocycles. The molecule has 0 radical (unpaired) electrons. The monoisotopic (exact) mass is 491 g/mol. The van der Waals surface area contributed by atoms with E-state index in [0.29, 0.717) is 17.1 Å². The van der Waals surface area contributed by atoms with Crippen LogP contribution in [0.2, 0.25) is 0 Å². The van der Waals surface area contributed by atoms with E-state index >= 15 is 0 Å². The lowest BCUT2D eigenvalue weighted by molar-refractivity contribution is -0.384. The van der Waals surface area contributed by atoms with Crippen molar-refractivity contribution in [2.45, 2.75) is 19.0 Å². The van der Waals surface area contributed by atoms with Crippen molar-refractivity contribution in [3.05, 3.63) is 93.8 Å². The number of hydrogen-bond donors (Lipinski definition) is 0. The van der Waals surface area contributed by atoms with Gasteiger partial charge in [-0.3, -0.25) is 24.5 Å². The summed E-state index contributed by atoms with van der Waals surface area (Å²) in [6.07, 6.45) is -0.304. The van der Waals surface area contributed by atoms with Crippen LogP contribution in [-0.4, -0.2) is 40.4 Å². The van der Waals surface area contributed by atoms with E-state index in [1.54, 1.807) is 18.2 Å². The zero-order valence-corrected chi connectivity index (χ0v) is 18.6. The fourth-order valence-electron chi connectivity index (χ4n) is 4.20. The van der Waals surface area contributed by atoms with Gasteiger partial charge in [0, 0.05) is 24.2 Å². The van der Waals surface area contributed by atoms with Gasteiger partial charge in [0.25, 0.3) is 17.5 Å². The number of rotatable bonds is 6. The highest BCUT2D eigenvalue weighted by Gasteiger charge is 2.44. The predicted molar refractivity (Wildman–Crippen MR) is 123 cm³/mol. The molecule has 0 bridgehead atoms. The van der Waals surface area contributed by atoms with E-state index in [9.17, 15) is 28.9 Å². The summed E-state index contributed by atoms with van der Waals surface area (Å²) < 4.78 is 24.1. The Balaban J connectivity index is 1.51. The zero-order valence-electron chi connectivity index (χ0n) is 18.6. The van der Waals surface area contributed by atoms with Gasteiger partial charge in [-0.05, 0) is 48.0 Å². The Morgan fingerprint density at radius 3 is 2.56 bits per heavy atom.